The van der Waals surface area contributed by atoms with Crippen LogP contribution in [0.3, 0.4) is 0 Å². The second-order valence-electron chi connectivity index (χ2n) is 5.43. The van der Waals surface area contributed by atoms with Crippen LogP contribution < -0.4 is 5.32 Å². The molecule has 0 amide bonds. The molecule has 1 aliphatic carbocycles. The van der Waals surface area contributed by atoms with Crippen molar-refractivity contribution in [3.05, 3.63) is 0 Å². The van der Waals surface area contributed by atoms with Gasteiger partial charge >= 0.3 is 0 Å². The van der Waals surface area contributed by atoms with Gasteiger partial charge in [-0.05, 0) is 18.9 Å². The van der Waals surface area contributed by atoms with Gasteiger partial charge in [0, 0.05) is 45.4 Å². The second kappa shape index (κ2) is 5.16. The van der Waals surface area contributed by atoms with E-state index in [0.29, 0.717) is 45.6 Å². The molecule has 2 fully saturated rings. The minimum atomic E-state index is -2.47. The van der Waals surface area contributed by atoms with Crippen molar-refractivity contribution in [3.8, 4) is 0 Å². The van der Waals surface area contributed by atoms with E-state index in [4.69, 9.17) is 4.74 Å². The molecule has 1 aliphatic heterocycles. The van der Waals surface area contributed by atoms with Crippen LogP contribution >= 0.6 is 0 Å². The number of hydrogen-bond acceptors (Lipinski definition) is 3. The summed E-state index contributed by atoms with van der Waals surface area (Å²) in [5.41, 5.74) is -0.709. The van der Waals surface area contributed by atoms with Gasteiger partial charge in [0.25, 0.3) is 0 Å². The summed E-state index contributed by atoms with van der Waals surface area (Å²) >= 11 is 0. The molecule has 17 heavy (non-hydrogen) atoms. The lowest BCUT2D eigenvalue weighted by Gasteiger charge is -2.32. The van der Waals surface area contributed by atoms with Gasteiger partial charge in [0.05, 0.1) is 5.60 Å². The van der Waals surface area contributed by atoms with Gasteiger partial charge in [0.15, 0.2) is 0 Å². The lowest BCUT2D eigenvalue weighted by Crippen LogP contribution is -2.45. The number of halogens is 2. The number of nitrogens with one attached hydrogen (secondary N) is 1. The van der Waals surface area contributed by atoms with E-state index in [1.165, 1.54) is 0 Å². The highest BCUT2D eigenvalue weighted by atomic mass is 19.3. The minimum Gasteiger partial charge on any atom is -0.388 e. The first-order valence-corrected chi connectivity index (χ1v) is 6.38. The fourth-order valence-electron chi connectivity index (χ4n) is 2.65. The maximum absolute atomic E-state index is 13.0. The van der Waals surface area contributed by atoms with Gasteiger partial charge in [-0.3, -0.25) is 0 Å². The second-order valence-corrected chi connectivity index (χ2v) is 5.43. The van der Waals surface area contributed by atoms with E-state index in [1.54, 1.807) is 0 Å². The molecule has 0 aromatic carbocycles. The molecular weight excluding hydrogens is 228 g/mol. The van der Waals surface area contributed by atoms with Gasteiger partial charge in [-0.25, -0.2) is 8.78 Å². The number of alkyl halides is 2. The van der Waals surface area contributed by atoms with Crippen LogP contribution in [0, 0.1) is 5.92 Å². The quantitative estimate of drug-likeness (QED) is 0.794. The van der Waals surface area contributed by atoms with Crippen LogP contribution in [0.5, 0.6) is 0 Å². The Hall–Kier alpha value is -0.260. The van der Waals surface area contributed by atoms with Gasteiger partial charge < -0.3 is 15.2 Å². The summed E-state index contributed by atoms with van der Waals surface area (Å²) < 4.78 is 31.1. The molecule has 100 valence electrons. The first-order valence-electron chi connectivity index (χ1n) is 6.38. The summed E-state index contributed by atoms with van der Waals surface area (Å²) in [6.07, 6.45) is 1.84. The molecule has 0 bridgehead atoms. The molecule has 3 nitrogen and oxygen atoms in total. The third-order valence-corrected chi connectivity index (χ3v) is 3.82. The molecule has 2 rings (SSSR count). The number of rotatable bonds is 4. The zero-order valence-electron chi connectivity index (χ0n) is 10.1. The summed E-state index contributed by atoms with van der Waals surface area (Å²) in [4.78, 5) is 0. The van der Waals surface area contributed by atoms with E-state index >= 15 is 0 Å². The van der Waals surface area contributed by atoms with E-state index in [2.05, 4.69) is 5.32 Å². The molecule has 1 saturated heterocycles. The number of ether oxygens (including phenoxy) is 1. The van der Waals surface area contributed by atoms with Crippen LogP contribution in [0.2, 0.25) is 0 Å². The topological polar surface area (TPSA) is 41.5 Å². The van der Waals surface area contributed by atoms with E-state index in [1.807, 2.05) is 0 Å². The van der Waals surface area contributed by atoms with Gasteiger partial charge in [-0.15, -0.1) is 0 Å². The van der Waals surface area contributed by atoms with Crippen LogP contribution in [0.15, 0.2) is 0 Å². The Balaban J connectivity index is 1.66. The van der Waals surface area contributed by atoms with E-state index < -0.39 is 11.5 Å². The van der Waals surface area contributed by atoms with Crippen molar-refractivity contribution in [2.24, 2.45) is 5.92 Å². The SMILES string of the molecule is OC1(CNCC2CCC(F)(F)C2)CCOCC1. The van der Waals surface area contributed by atoms with Gasteiger partial charge in [-0.1, -0.05) is 0 Å². The van der Waals surface area contributed by atoms with Crippen LogP contribution in [0.25, 0.3) is 0 Å². The molecule has 1 saturated carbocycles. The van der Waals surface area contributed by atoms with E-state index in [9.17, 15) is 13.9 Å². The van der Waals surface area contributed by atoms with Gasteiger partial charge in [0.1, 0.15) is 0 Å². The Morgan fingerprint density at radius 3 is 2.53 bits per heavy atom. The summed E-state index contributed by atoms with van der Waals surface area (Å²) in [5.74, 6) is -2.42. The summed E-state index contributed by atoms with van der Waals surface area (Å²) in [7, 11) is 0. The minimum absolute atomic E-state index is 0.0114. The van der Waals surface area contributed by atoms with E-state index in [-0.39, 0.29) is 18.8 Å². The Morgan fingerprint density at radius 2 is 1.94 bits per heavy atom. The summed E-state index contributed by atoms with van der Waals surface area (Å²) in [6.45, 7) is 2.23. The zero-order valence-corrected chi connectivity index (χ0v) is 10.1. The molecule has 1 heterocycles. The lowest BCUT2D eigenvalue weighted by molar-refractivity contribution is -0.0619. The molecule has 0 radical (unpaired) electrons. The van der Waals surface area contributed by atoms with Crippen molar-refractivity contribution in [2.45, 2.75) is 43.6 Å². The van der Waals surface area contributed by atoms with Crippen LogP contribution in [0.4, 0.5) is 8.78 Å². The number of hydrogen-bond donors (Lipinski definition) is 2. The highest BCUT2D eigenvalue weighted by Gasteiger charge is 2.39. The molecular formula is C12H21F2NO2. The molecule has 1 atom stereocenters. The predicted molar refractivity (Wildman–Crippen MR) is 60.2 cm³/mol. The standard InChI is InChI=1S/C12H21F2NO2/c13-12(14)2-1-10(7-12)8-15-9-11(16)3-5-17-6-4-11/h10,15-16H,1-9H2. The average Bonchev–Trinajstić information content (AvgIpc) is 2.59. The Bertz CT molecular complexity index is 255. The molecule has 0 aromatic heterocycles. The fraction of sp³-hybridized carbons (Fsp3) is 1.00. The number of aliphatic hydroxyl groups is 1. The van der Waals surface area contributed by atoms with Crippen molar-refractivity contribution >= 4 is 0 Å². The first-order chi connectivity index (χ1) is 7.99. The van der Waals surface area contributed by atoms with Crippen molar-refractivity contribution in [3.63, 3.8) is 0 Å². The van der Waals surface area contributed by atoms with Gasteiger partial charge in [0.2, 0.25) is 5.92 Å². The largest absolute Gasteiger partial charge is 0.388 e. The van der Waals surface area contributed by atoms with Crippen molar-refractivity contribution in [1.82, 2.24) is 5.32 Å². The lowest BCUT2D eigenvalue weighted by atomic mass is 9.94. The molecule has 0 aromatic rings. The van der Waals surface area contributed by atoms with Crippen molar-refractivity contribution < 1.29 is 18.6 Å². The molecule has 1 unspecified atom stereocenters. The third-order valence-electron chi connectivity index (χ3n) is 3.82. The van der Waals surface area contributed by atoms with Crippen LogP contribution in [-0.4, -0.2) is 42.9 Å². The highest BCUT2D eigenvalue weighted by molar-refractivity contribution is 4.86. The maximum atomic E-state index is 13.0. The predicted octanol–water partition coefficient (Wildman–Crippen LogP) is 1.55. The fourth-order valence-corrected chi connectivity index (χ4v) is 2.65. The Morgan fingerprint density at radius 1 is 1.24 bits per heavy atom. The zero-order chi connectivity index (χ0) is 12.4. The first kappa shape index (κ1) is 13.2. The smallest absolute Gasteiger partial charge is 0.248 e. The van der Waals surface area contributed by atoms with Crippen molar-refractivity contribution in [1.29, 1.82) is 0 Å². The van der Waals surface area contributed by atoms with Crippen LogP contribution in [0.1, 0.15) is 32.1 Å². The Labute approximate surface area is 101 Å². The molecule has 2 aliphatic rings. The average molecular weight is 249 g/mol. The molecule has 2 N–H and O–H groups in total. The molecule has 5 heteroatoms. The maximum Gasteiger partial charge on any atom is 0.248 e. The van der Waals surface area contributed by atoms with Gasteiger partial charge in [-0.2, -0.15) is 0 Å². The summed E-state index contributed by atoms with van der Waals surface area (Å²) in [5, 5.41) is 13.3. The van der Waals surface area contributed by atoms with Crippen LogP contribution in [-0.2, 0) is 4.74 Å². The summed E-state index contributed by atoms with van der Waals surface area (Å²) in [6, 6.07) is 0. The normalized spacial score (nSPS) is 31.6. The highest BCUT2D eigenvalue weighted by Crippen LogP contribution is 2.38. The molecule has 0 spiro atoms. The van der Waals surface area contributed by atoms with Crippen molar-refractivity contribution in [2.75, 3.05) is 26.3 Å². The Kier molecular flexibility index (Phi) is 4.00. The van der Waals surface area contributed by atoms with E-state index in [0.717, 1.165) is 0 Å². The third kappa shape index (κ3) is 3.86. The monoisotopic (exact) mass is 249 g/mol.